The number of anilines is 2. The number of nitrogens with one attached hydrogen (secondary N) is 1. The zero-order valence-corrected chi connectivity index (χ0v) is 23.6. The van der Waals surface area contributed by atoms with Crippen molar-refractivity contribution in [2.75, 3.05) is 10.2 Å². The van der Waals surface area contributed by atoms with Crippen LogP contribution in [0.25, 0.3) is 0 Å². The Balaban J connectivity index is 1.53. The fraction of sp³-hybridized carbons (Fsp3) is 0.581. The Bertz CT molecular complexity index is 1200. The molecule has 6 rings (SSSR count). The van der Waals surface area contributed by atoms with E-state index in [1.54, 1.807) is 35.4 Å². The molecule has 204 valence electrons. The highest BCUT2D eigenvalue weighted by molar-refractivity contribution is 6.07. The van der Waals surface area contributed by atoms with Gasteiger partial charge in [-0.25, -0.2) is 9.78 Å². The smallest absolute Gasteiger partial charge is 0.321 e. The summed E-state index contributed by atoms with van der Waals surface area (Å²) in [5.41, 5.74) is 7.35. The van der Waals surface area contributed by atoms with Gasteiger partial charge in [0, 0.05) is 22.9 Å². The first kappa shape index (κ1) is 26.5. The molecule has 7 nitrogen and oxygen atoms in total. The number of benzene rings is 1. The largest absolute Gasteiger partial charge is 0.507 e. The molecule has 1 aromatic heterocycles. The van der Waals surface area contributed by atoms with Crippen LogP contribution >= 0.6 is 0 Å². The molecule has 3 amide bonds. The highest BCUT2D eigenvalue weighted by atomic mass is 16.3. The Morgan fingerprint density at radius 3 is 1.92 bits per heavy atom. The van der Waals surface area contributed by atoms with Gasteiger partial charge in [0.15, 0.2) is 5.82 Å². The number of hydrogen-bond acceptors (Lipinski definition) is 4. The lowest BCUT2D eigenvalue weighted by atomic mass is 9.52. The molecule has 38 heavy (non-hydrogen) atoms. The summed E-state index contributed by atoms with van der Waals surface area (Å²) in [4.78, 5) is 33.1. The summed E-state index contributed by atoms with van der Waals surface area (Å²) in [5.74, 6) is 2.19. The van der Waals surface area contributed by atoms with Crippen molar-refractivity contribution >= 4 is 23.4 Å². The molecule has 0 spiro atoms. The van der Waals surface area contributed by atoms with Crippen molar-refractivity contribution in [3.05, 3.63) is 47.2 Å². The van der Waals surface area contributed by atoms with Gasteiger partial charge < -0.3 is 16.2 Å². The van der Waals surface area contributed by atoms with Crippen molar-refractivity contribution in [2.24, 2.45) is 23.5 Å². The second kappa shape index (κ2) is 8.99. The van der Waals surface area contributed by atoms with E-state index in [1.165, 1.54) is 19.3 Å². The third-order valence-corrected chi connectivity index (χ3v) is 8.94. The number of phenolic OH excluding ortho intramolecular Hbond substituents is 1. The summed E-state index contributed by atoms with van der Waals surface area (Å²) in [6.45, 7) is 12.1. The van der Waals surface area contributed by atoms with Crippen LogP contribution in [0.2, 0.25) is 0 Å². The van der Waals surface area contributed by atoms with Crippen LogP contribution in [0.3, 0.4) is 0 Å². The quantitative estimate of drug-likeness (QED) is 0.430. The van der Waals surface area contributed by atoms with E-state index in [9.17, 15) is 14.7 Å². The fourth-order valence-corrected chi connectivity index (χ4v) is 7.68. The SMILES string of the molecule is CC(C)(C)c1cc(C(=O)Nc2cccnc2N(C(N)=O)C23CC4CC(CC(C4)C2)C3)cc(C(C)(C)C)c1O. The average molecular weight is 519 g/mol. The molecule has 4 N–H and O–H groups in total. The summed E-state index contributed by atoms with van der Waals surface area (Å²) in [7, 11) is 0. The number of carbonyl (C=O) groups excluding carboxylic acids is 2. The van der Waals surface area contributed by atoms with Gasteiger partial charge in [-0.1, -0.05) is 41.5 Å². The molecule has 0 radical (unpaired) electrons. The van der Waals surface area contributed by atoms with E-state index in [2.05, 4.69) is 10.3 Å². The first-order valence-electron chi connectivity index (χ1n) is 13.9. The summed E-state index contributed by atoms with van der Waals surface area (Å²) in [5, 5.41) is 14.1. The molecule has 2 aromatic rings. The predicted octanol–water partition coefficient (Wildman–Crippen LogP) is 6.49. The zero-order valence-electron chi connectivity index (χ0n) is 23.6. The van der Waals surface area contributed by atoms with Gasteiger partial charge in [0.1, 0.15) is 5.75 Å². The van der Waals surface area contributed by atoms with Gasteiger partial charge in [-0.3, -0.25) is 9.69 Å². The van der Waals surface area contributed by atoms with E-state index in [0.29, 0.717) is 45.9 Å². The fourth-order valence-electron chi connectivity index (χ4n) is 7.68. The average Bonchev–Trinajstić information content (AvgIpc) is 2.77. The Morgan fingerprint density at radius 2 is 1.47 bits per heavy atom. The van der Waals surface area contributed by atoms with Crippen molar-refractivity contribution in [1.82, 2.24) is 4.98 Å². The molecule has 0 atom stereocenters. The van der Waals surface area contributed by atoms with Gasteiger partial charge >= 0.3 is 6.03 Å². The van der Waals surface area contributed by atoms with Gasteiger partial charge in [0.05, 0.1) is 11.2 Å². The number of aromatic hydroxyl groups is 1. The summed E-state index contributed by atoms with van der Waals surface area (Å²) in [6, 6.07) is 6.56. The highest BCUT2D eigenvalue weighted by Gasteiger charge is 2.55. The number of carbonyl (C=O) groups is 2. The number of primary amides is 1. The Kier molecular flexibility index (Phi) is 6.27. The van der Waals surface area contributed by atoms with Crippen molar-refractivity contribution in [3.63, 3.8) is 0 Å². The first-order valence-corrected chi connectivity index (χ1v) is 13.9. The lowest BCUT2D eigenvalue weighted by Gasteiger charge is -2.59. The number of phenols is 1. The van der Waals surface area contributed by atoms with Gasteiger partial charge in [-0.15, -0.1) is 0 Å². The van der Waals surface area contributed by atoms with Crippen molar-refractivity contribution in [1.29, 1.82) is 0 Å². The number of amides is 3. The normalized spacial score (nSPS) is 26.3. The number of nitrogens with zero attached hydrogens (tertiary/aromatic N) is 2. The lowest BCUT2D eigenvalue weighted by molar-refractivity contribution is -0.000430. The maximum atomic E-state index is 13.7. The molecule has 4 saturated carbocycles. The Labute approximate surface area is 226 Å². The molecule has 0 saturated heterocycles. The van der Waals surface area contributed by atoms with E-state index in [4.69, 9.17) is 5.73 Å². The third kappa shape index (κ3) is 4.65. The maximum Gasteiger partial charge on any atom is 0.321 e. The van der Waals surface area contributed by atoms with E-state index in [-0.39, 0.29) is 28.0 Å². The Morgan fingerprint density at radius 1 is 0.974 bits per heavy atom. The number of urea groups is 1. The van der Waals surface area contributed by atoms with Crippen LogP contribution in [0.5, 0.6) is 5.75 Å². The number of aromatic nitrogens is 1. The minimum atomic E-state index is -0.518. The van der Waals surface area contributed by atoms with Crippen LogP contribution in [0.4, 0.5) is 16.3 Å². The topological polar surface area (TPSA) is 109 Å². The molecule has 4 aliphatic carbocycles. The van der Waals surface area contributed by atoms with E-state index >= 15 is 0 Å². The molecule has 0 aliphatic heterocycles. The summed E-state index contributed by atoms with van der Waals surface area (Å²) in [6.07, 6.45) is 8.19. The minimum absolute atomic E-state index is 0.227. The number of rotatable bonds is 4. The molecule has 0 unspecified atom stereocenters. The summed E-state index contributed by atoms with van der Waals surface area (Å²) >= 11 is 0. The van der Waals surface area contributed by atoms with Crippen molar-refractivity contribution < 1.29 is 14.7 Å². The molecular formula is C31H42N4O3. The lowest BCUT2D eigenvalue weighted by Crippen LogP contribution is -2.63. The standard InChI is InChI=1S/C31H42N4O3/c1-29(2,3)22-13-21(14-23(25(22)36)30(4,5)6)27(37)34-24-8-7-9-33-26(24)35(28(32)38)31-15-18-10-19(16-31)12-20(11-18)17-31/h7-9,13-14,18-20,36H,10-12,15-17H2,1-6H3,(H2,32,38)(H,34,37). The molecule has 4 fully saturated rings. The van der Waals surface area contributed by atoms with Crippen molar-refractivity contribution in [2.45, 2.75) is 96.4 Å². The molecule has 4 bridgehead atoms. The second-order valence-electron chi connectivity index (χ2n) is 14.1. The van der Waals surface area contributed by atoms with Gasteiger partial charge in [0.2, 0.25) is 0 Å². The van der Waals surface area contributed by atoms with Gasteiger partial charge in [-0.2, -0.15) is 0 Å². The van der Waals surface area contributed by atoms with Crippen LogP contribution in [-0.4, -0.2) is 27.6 Å². The molecule has 4 aliphatic rings. The third-order valence-electron chi connectivity index (χ3n) is 8.94. The van der Waals surface area contributed by atoms with Crippen LogP contribution in [-0.2, 0) is 10.8 Å². The predicted molar refractivity (Wildman–Crippen MR) is 151 cm³/mol. The highest BCUT2D eigenvalue weighted by Crippen LogP contribution is 2.58. The van der Waals surface area contributed by atoms with E-state index in [0.717, 1.165) is 19.3 Å². The monoisotopic (exact) mass is 518 g/mol. The van der Waals surface area contributed by atoms with Crippen LogP contribution in [0.1, 0.15) is 102 Å². The summed E-state index contributed by atoms with van der Waals surface area (Å²) < 4.78 is 0. The minimum Gasteiger partial charge on any atom is -0.507 e. The Hall–Kier alpha value is -3.09. The van der Waals surface area contributed by atoms with E-state index in [1.807, 2.05) is 41.5 Å². The first-order chi connectivity index (χ1) is 17.7. The zero-order chi connectivity index (χ0) is 27.6. The van der Waals surface area contributed by atoms with Crippen LogP contribution in [0.15, 0.2) is 30.5 Å². The number of pyridine rings is 1. The second-order valence-corrected chi connectivity index (χ2v) is 14.1. The van der Waals surface area contributed by atoms with Crippen molar-refractivity contribution in [3.8, 4) is 5.75 Å². The molecule has 7 heteroatoms. The van der Waals surface area contributed by atoms with Gasteiger partial charge in [0.25, 0.3) is 5.91 Å². The number of hydrogen-bond donors (Lipinski definition) is 3. The molecule has 1 aromatic carbocycles. The maximum absolute atomic E-state index is 13.7. The van der Waals surface area contributed by atoms with E-state index < -0.39 is 6.03 Å². The van der Waals surface area contributed by atoms with Gasteiger partial charge in [-0.05, 0) is 91.4 Å². The molecule has 1 heterocycles. The van der Waals surface area contributed by atoms with Crippen LogP contribution in [0, 0.1) is 17.8 Å². The van der Waals surface area contributed by atoms with Crippen LogP contribution < -0.4 is 16.0 Å². The number of nitrogens with two attached hydrogens (primary N) is 1. The molecular weight excluding hydrogens is 476 g/mol.